The highest BCUT2D eigenvalue weighted by Crippen LogP contribution is 1.72. The topological polar surface area (TPSA) is 67.6 Å². The number of rotatable bonds is 0. The fourth-order valence-corrected chi connectivity index (χ4v) is 0.342. The molecule has 1 N–H and O–H groups in total. The highest BCUT2D eigenvalue weighted by molar-refractivity contribution is 4.67. The minimum Gasteiger partial charge on any atom is -0.365 e. The second-order valence-electron chi connectivity index (χ2n) is 1.35. The Bertz CT molecular complexity index is 153. The minimum absolute atomic E-state index is 1.51. The van der Waals surface area contributed by atoms with Gasteiger partial charge in [0.2, 0.25) is 0 Å². The molecule has 0 spiro atoms. The van der Waals surface area contributed by atoms with Crippen molar-refractivity contribution in [3.63, 3.8) is 0 Å². The first-order chi connectivity index (χ1) is 5.00. The van der Waals surface area contributed by atoms with E-state index >= 15 is 0 Å². The van der Waals surface area contributed by atoms with Crippen molar-refractivity contribution < 1.29 is 4.52 Å². The molecule has 5 nitrogen and oxygen atoms in total. The van der Waals surface area contributed by atoms with Crippen molar-refractivity contribution in [1.82, 2.24) is 20.6 Å². The molecule has 0 unspecified atom stereocenters. The summed E-state index contributed by atoms with van der Waals surface area (Å²) in [5.41, 5.74) is 0. The van der Waals surface area contributed by atoms with E-state index in [2.05, 4.69) is 25.1 Å². The molecule has 2 heterocycles. The van der Waals surface area contributed by atoms with Crippen molar-refractivity contribution in [2.45, 2.75) is 0 Å². The number of nitrogens with one attached hydrogen (secondary N) is 1. The Hall–Kier alpha value is -1.65. The van der Waals surface area contributed by atoms with E-state index in [4.69, 9.17) is 0 Å². The molecule has 0 aliphatic rings. The lowest BCUT2D eigenvalue weighted by atomic mass is 10.8. The monoisotopic (exact) mass is 138 g/mol. The molecular weight excluding hydrogens is 132 g/mol. The molecule has 0 fully saturated rings. The fourth-order valence-electron chi connectivity index (χ4n) is 0.342. The van der Waals surface area contributed by atoms with Gasteiger partial charge in [-0.25, -0.2) is 0 Å². The molecule has 52 valence electrons. The van der Waals surface area contributed by atoms with Crippen molar-refractivity contribution in [3.05, 3.63) is 30.9 Å². The molecule has 0 aromatic carbocycles. The van der Waals surface area contributed by atoms with E-state index in [0.717, 1.165) is 0 Å². The summed E-state index contributed by atoms with van der Waals surface area (Å²) in [6.45, 7) is 0. The Morgan fingerprint density at radius 1 is 1.30 bits per heavy atom. The Morgan fingerprint density at radius 3 is 2.50 bits per heavy atom. The van der Waals surface area contributed by atoms with Crippen LogP contribution in [0.5, 0.6) is 0 Å². The summed E-state index contributed by atoms with van der Waals surface area (Å²) < 4.78 is 4.33. The Kier molecular flexibility index (Phi) is 2.75. The van der Waals surface area contributed by atoms with Crippen molar-refractivity contribution in [2.75, 3.05) is 0 Å². The number of aromatic amines is 1. The van der Waals surface area contributed by atoms with Gasteiger partial charge in [0.25, 0.3) is 0 Å². The molecule has 2 aromatic rings. The normalized spacial score (nSPS) is 8.00. The van der Waals surface area contributed by atoms with E-state index in [-0.39, 0.29) is 0 Å². The summed E-state index contributed by atoms with van der Waals surface area (Å²) in [7, 11) is 0. The van der Waals surface area contributed by atoms with Gasteiger partial charge in [0.15, 0.2) is 0 Å². The maximum Gasteiger partial charge on any atom is 0.123 e. The lowest BCUT2D eigenvalue weighted by Gasteiger charge is -1.48. The first-order valence-corrected chi connectivity index (χ1v) is 2.65. The second kappa shape index (κ2) is 4.25. The Morgan fingerprint density at radius 2 is 2.30 bits per heavy atom. The number of aromatic nitrogens is 4. The largest absolute Gasteiger partial charge is 0.365 e. The van der Waals surface area contributed by atoms with Crippen LogP contribution in [0.3, 0.4) is 0 Å². The van der Waals surface area contributed by atoms with Gasteiger partial charge >= 0.3 is 0 Å². The minimum atomic E-state index is 1.51. The number of nitrogens with zero attached hydrogens (tertiary/aromatic N) is 3. The van der Waals surface area contributed by atoms with Gasteiger partial charge in [-0.1, -0.05) is 10.4 Å². The van der Waals surface area contributed by atoms with Crippen LogP contribution in [0.2, 0.25) is 0 Å². The van der Waals surface area contributed by atoms with E-state index in [1.54, 1.807) is 24.7 Å². The average Bonchev–Trinajstić information content (AvgIpc) is 2.67. The van der Waals surface area contributed by atoms with Gasteiger partial charge in [0, 0.05) is 6.20 Å². The van der Waals surface area contributed by atoms with Gasteiger partial charge in [-0.05, 0) is 6.07 Å². The van der Waals surface area contributed by atoms with E-state index in [9.17, 15) is 0 Å². The summed E-state index contributed by atoms with van der Waals surface area (Å²) >= 11 is 0. The summed E-state index contributed by atoms with van der Waals surface area (Å²) in [6.07, 6.45) is 6.33. The van der Waals surface area contributed by atoms with Crippen molar-refractivity contribution >= 4 is 0 Å². The van der Waals surface area contributed by atoms with Crippen LogP contribution >= 0.6 is 0 Å². The van der Waals surface area contributed by atoms with E-state index in [0.29, 0.717) is 0 Å². The van der Waals surface area contributed by atoms with Crippen molar-refractivity contribution in [1.29, 1.82) is 0 Å². The van der Waals surface area contributed by atoms with Crippen molar-refractivity contribution in [3.8, 4) is 0 Å². The smallest absolute Gasteiger partial charge is 0.123 e. The highest BCUT2D eigenvalue weighted by atomic mass is 16.5. The maximum absolute atomic E-state index is 4.33. The lowest BCUT2D eigenvalue weighted by Crippen LogP contribution is -1.61. The quantitative estimate of drug-likeness (QED) is 0.574. The molecule has 0 saturated carbocycles. The molecule has 0 bridgehead atoms. The van der Waals surface area contributed by atoms with Crippen LogP contribution < -0.4 is 0 Å². The Balaban J connectivity index is 0.0000001000. The number of hydrogen-bond donors (Lipinski definition) is 1. The first kappa shape index (κ1) is 6.47. The maximum atomic E-state index is 4.33. The predicted molar refractivity (Wildman–Crippen MR) is 32.9 cm³/mol. The van der Waals surface area contributed by atoms with Gasteiger partial charge in [-0.3, -0.25) is 5.10 Å². The summed E-state index contributed by atoms with van der Waals surface area (Å²) in [5, 5.41) is 12.6. The molecule has 10 heavy (non-hydrogen) atoms. The molecule has 2 aromatic heterocycles. The van der Waals surface area contributed by atoms with E-state index in [1.807, 2.05) is 0 Å². The van der Waals surface area contributed by atoms with Gasteiger partial charge in [0.1, 0.15) is 6.26 Å². The lowest BCUT2D eigenvalue weighted by molar-refractivity contribution is 0.420. The molecule has 5 heteroatoms. The van der Waals surface area contributed by atoms with Crippen LogP contribution in [0, 0.1) is 0 Å². The third kappa shape index (κ3) is 2.61. The van der Waals surface area contributed by atoms with Crippen LogP contribution in [0.25, 0.3) is 0 Å². The third-order valence-electron chi connectivity index (χ3n) is 0.678. The molecule has 0 aliphatic heterocycles. The van der Waals surface area contributed by atoms with Crippen LogP contribution in [-0.4, -0.2) is 20.6 Å². The van der Waals surface area contributed by atoms with E-state index < -0.39 is 0 Å². The van der Waals surface area contributed by atoms with Crippen molar-refractivity contribution in [2.24, 2.45) is 0 Å². The summed E-state index contributed by atoms with van der Waals surface area (Å²) in [5.74, 6) is 0. The SMILES string of the molecule is c1c[nH]nn1.c1cnoc1. The van der Waals surface area contributed by atoms with Gasteiger partial charge in [-0.15, -0.1) is 5.10 Å². The highest BCUT2D eigenvalue weighted by Gasteiger charge is 1.60. The molecule has 0 radical (unpaired) electrons. The summed E-state index contributed by atoms with van der Waals surface area (Å²) in [6, 6.07) is 1.72. The Labute approximate surface area is 57.0 Å². The first-order valence-electron chi connectivity index (χ1n) is 2.65. The van der Waals surface area contributed by atoms with Crippen LogP contribution in [0.15, 0.2) is 35.4 Å². The zero-order valence-corrected chi connectivity index (χ0v) is 5.14. The molecule has 2 rings (SSSR count). The average molecular weight is 138 g/mol. The molecular formula is C5H6N4O. The molecule has 0 aliphatic carbocycles. The number of hydrogen-bond acceptors (Lipinski definition) is 4. The molecule has 0 amide bonds. The molecule has 0 saturated heterocycles. The molecule has 0 atom stereocenters. The predicted octanol–water partition coefficient (Wildman–Crippen LogP) is 0.479. The fraction of sp³-hybridized carbons (Fsp3) is 0. The zero-order valence-electron chi connectivity index (χ0n) is 5.14. The van der Waals surface area contributed by atoms with Gasteiger partial charge in [-0.2, -0.15) is 0 Å². The summed E-state index contributed by atoms with van der Waals surface area (Å²) in [4.78, 5) is 0. The van der Waals surface area contributed by atoms with Crippen LogP contribution in [-0.2, 0) is 0 Å². The second-order valence-corrected chi connectivity index (χ2v) is 1.35. The third-order valence-corrected chi connectivity index (χ3v) is 0.678. The van der Waals surface area contributed by atoms with E-state index in [1.165, 1.54) is 6.26 Å². The van der Waals surface area contributed by atoms with Crippen LogP contribution in [0.4, 0.5) is 0 Å². The van der Waals surface area contributed by atoms with Crippen LogP contribution in [0.1, 0.15) is 0 Å². The van der Waals surface area contributed by atoms with Gasteiger partial charge in [0.05, 0.1) is 12.4 Å². The zero-order chi connectivity index (χ0) is 7.07. The standard InChI is InChI=1S/C3H3NO.C2H3N3/c2*1-2-4-5-3-1/h1-3H;1-2H,(H,3,4,5). The van der Waals surface area contributed by atoms with Gasteiger partial charge < -0.3 is 4.52 Å². The number of H-pyrrole nitrogens is 1.